The van der Waals surface area contributed by atoms with E-state index in [1.54, 1.807) is 44.2 Å². The molecular formula is C35H55N9O11. The van der Waals surface area contributed by atoms with Gasteiger partial charge in [-0.3, -0.25) is 44.2 Å². The fourth-order valence-corrected chi connectivity index (χ4v) is 5.44. The minimum Gasteiger partial charge on any atom is -0.394 e. The first-order chi connectivity index (χ1) is 26.1. The van der Waals surface area contributed by atoms with Crippen molar-refractivity contribution < 1.29 is 53.7 Å². The number of nitrogens with two attached hydrogens (primary N) is 2. The Morgan fingerprint density at radius 1 is 0.909 bits per heavy atom. The number of rotatable bonds is 14. The molecule has 1 aliphatic heterocycles. The third-order valence-electron chi connectivity index (χ3n) is 8.97. The van der Waals surface area contributed by atoms with Crippen molar-refractivity contribution in [1.82, 2.24) is 37.5 Å². The highest BCUT2D eigenvalue weighted by atomic mass is 16.3. The number of aliphatic hydroxyl groups is 3. The molecule has 1 aliphatic rings. The fourth-order valence-electron chi connectivity index (χ4n) is 5.44. The van der Waals surface area contributed by atoms with Gasteiger partial charge in [-0.05, 0) is 50.5 Å². The van der Waals surface area contributed by atoms with Crippen LogP contribution in [0.15, 0.2) is 30.3 Å². The summed E-state index contributed by atoms with van der Waals surface area (Å²) in [6.45, 7) is 2.66. The number of carbonyl (C=O) groups is 8. The smallest absolute Gasteiger partial charge is 0.243 e. The second kappa shape index (κ2) is 23.4. The number of ketones is 4. The molecule has 20 nitrogen and oxygen atoms in total. The molecule has 1 heterocycles. The molecule has 8 atom stereocenters. The zero-order valence-electron chi connectivity index (χ0n) is 31.2. The van der Waals surface area contributed by atoms with Crippen LogP contribution in [-0.4, -0.2) is 130 Å². The van der Waals surface area contributed by atoms with E-state index in [-0.39, 0.29) is 44.6 Å². The van der Waals surface area contributed by atoms with E-state index in [0.29, 0.717) is 12.0 Å². The first-order valence-corrected chi connectivity index (χ1v) is 18.1. The summed E-state index contributed by atoms with van der Waals surface area (Å²) in [5, 5.41) is 40.1. The Labute approximate surface area is 318 Å². The third-order valence-corrected chi connectivity index (χ3v) is 8.97. The van der Waals surface area contributed by atoms with Crippen molar-refractivity contribution in [3.63, 3.8) is 0 Å². The molecule has 306 valence electrons. The molecule has 0 bridgehead atoms. The maximum Gasteiger partial charge on any atom is 0.243 e. The van der Waals surface area contributed by atoms with Gasteiger partial charge in [0.2, 0.25) is 46.8 Å². The number of hydrazine groups is 2. The summed E-state index contributed by atoms with van der Waals surface area (Å²) in [7, 11) is 0. The lowest BCUT2D eigenvalue weighted by molar-refractivity contribution is -0.143. The van der Waals surface area contributed by atoms with Crippen molar-refractivity contribution in [3.8, 4) is 0 Å². The fraction of sp³-hybridized carbons (Fsp3) is 0.600. The molecule has 20 heteroatoms. The number of carbonyl (C=O) groups excluding carboxylic acids is 8. The predicted molar refractivity (Wildman–Crippen MR) is 196 cm³/mol. The second-order valence-corrected chi connectivity index (χ2v) is 13.6. The van der Waals surface area contributed by atoms with Crippen LogP contribution in [0.5, 0.6) is 0 Å². The lowest BCUT2D eigenvalue weighted by Gasteiger charge is -2.27. The number of hydrogen-bond acceptors (Lipinski definition) is 16. The van der Waals surface area contributed by atoms with Gasteiger partial charge in [0.1, 0.15) is 24.2 Å². The molecule has 1 aromatic carbocycles. The number of Topliss-reactive ketones (excluding diaryl/α,β-unsaturated/α-hetero) is 4. The molecule has 4 amide bonds. The molecule has 0 aromatic heterocycles. The summed E-state index contributed by atoms with van der Waals surface area (Å²) < 4.78 is 0. The van der Waals surface area contributed by atoms with Crippen LogP contribution in [0.25, 0.3) is 0 Å². The minimum absolute atomic E-state index is 0.0210. The Morgan fingerprint density at radius 2 is 1.56 bits per heavy atom. The predicted octanol–water partition coefficient (Wildman–Crippen LogP) is -4.95. The molecule has 0 radical (unpaired) electrons. The van der Waals surface area contributed by atoms with E-state index in [0.717, 1.165) is 6.92 Å². The quantitative estimate of drug-likeness (QED) is 0.0478. The van der Waals surface area contributed by atoms with Crippen molar-refractivity contribution in [2.45, 2.75) is 108 Å². The summed E-state index contributed by atoms with van der Waals surface area (Å²) in [6, 6.07) is -1.47. The van der Waals surface area contributed by atoms with Crippen LogP contribution in [0, 0.1) is 5.92 Å². The molecule has 1 saturated heterocycles. The molecule has 1 fully saturated rings. The van der Waals surface area contributed by atoms with E-state index >= 15 is 0 Å². The van der Waals surface area contributed by atoms with Gasteiger partial charge in [0, 0.05) is 13.0 Å². The van der Waals surface area contributed by atoms with Gasteiger partial charge in [-0.2, -0.15) is 0 Å². The molecule has 2 unspecified atom stereocenters. The Balaban J connectivity index is 2.29. The largest absolute Gasteiger partial charge is 0.394 e. The van der Waals surface area contributed by atoms with Crippen LogP contribution < -0.4 is 49.1 Å². The third kappa shape index (κ3) is 14.6. The van der Waals surface area contributed by atoms with Crippen molar-refractivity contribution in [1.29, 1.82) is 0 Å². The maximum atomic E-state index is 13.5. The zero-order chi connectivity index (χ0) is 41.2. The number of benzene rings is 1. The minimum atomic E-state index is -1.86. The van der Waals surface area contributed by atoms with Crippen molar-refractivity contribution in [3.05, 3.63) is 35.9 Å². The first-order valence-electron chi connectivity index (χ1n) is 18.1. The standard InChI is InChI=1S/C35H55N9O11/c1-18(2)27(36)35(55)39-21-12-13-26(48)38-14-8-7-11-22(43-44-25(17-46)31(51)32(52)28(19(3)47)41-33(21)53)34(54)40-24(16-45)30(50)29(49)23(42-37)15-20-9-5-4-6-10-20/h4-6,9-10,18-19,21-25,27-28,42-47H,7-8,11-17,36-37H2,1-3H3,(H,38,48)(H,39,55)(H,40,54)(H,41,53)/t19-,21?,22?,23+,24+,25+,27+,28+/m1/s1. The van der Waals surface area contributed by atoms with Crippen LogP contribution in [0.3, 0.4) is 0 Å². The van der Waals surface area contributed by atoms with E-state index in [2.05, 4.69) is 37.5 Å². The SMILES string of the molecule is CC(C)[C@H](N)C(=O)NC1CCC(=O)NCCCCC(C(=O)N[C@@H](CO)C(=O)C(=O)[C@H](Cc2ccccc2)NN)NN[C@@H](CO)C(=O)C(=O)[C@H]([C@@H](C)O)NC1=O. The average molecular weight is 778 g/mol. The van der Waals surface area contributed by atoms with Crippen LogP contribution in [0.4, 0.5) is 0 Å². The van der Waals surface area contributed by atoms with Gasteiger partial charge >= 0.3 is 0 Å². The van der Waals surface area contributed by atoms with Crippen molar-refractivity contribution >= 4 is 46.8 Å². The van der Waals surface area contributed by atoms with E-state index in [4.69, 9.17) is 11.6 Å². The molecular weight excluding hydrogens is 722 g/mol. The highest BCUT2D eigenvalue weighted by Gasteiger charge is 2.38. The molecule has 55 heavy (non-hydrogen) atoms. The Hall–Kier alpha value is -4.54. The van der Waals surface area contributed by atoms with Crippen LogP contribution >= 0.6 is 0 Å². The second-order valence-electron chi connectivity index (χ2n) is 13.6. The summed E-state index contributed by atoms with van der Waals surface area (Å²) in [4.78, 5) is 105. The zero-order valence-corrected chi connectivity index (χ0v) is 31.2. The normalized spacial score (nSPS) is 23.2. The maximum absolute atomic E-state index is 13.5. The Morgan fingerprint density at radius 3 is 2.15 bits per heavy atom. The molecule has 14 N–H and O–H groups in total. The molecule has 0 saturated carbocycles. The molecule has 0 aliphatic carbocycles. The monoisotopic (exact) mass is 777 g/mol. The van der Waals surface area contributed by atoms with Gasteiger partial charge in [-0.1, -0.05) is 44.2 Å². The van der Waals surface area contributed by atoms with E-state index in [9.17, 15) is 53.7 Å². The van der Waals surface area contributed by atoms with Crippen LogP contribution in [0.2, 0.25) is 0 Å². The first kappa shape index (κ1) is 46.6. The Kier molecular flexibility index (Phi) is 19.8. The highest BCUT2D eigenvalue weighted by Crippen LogP contribution is 2.09. The number of amides is 4. The molecule has 1 aromatic rings. The lowest BCUT2D eigenvalue weighted by Crippen LogP contribution is -2.62. The topological polar surface area (TPSA) is 333 Å². The van der Waals surface area contributed by atoms with Crippen LogP contribution in [-0.2, 0) is 44.8 Å². The summed E-state index contributed by atoms with van der Waals surface area (Å²) in [5.41, 5.74) is 13.9. The van der Waals surface area contributed by atoms with Crippen molar-refractivity contribution in [2.75, 3.05) is 19.8 Å². The summed E-state index contributed by atoms with van der Waals surface area (Å²) in [5.74, 6) is -2.67. The van der Waals surface area contributed by atoms with E-state index in [1.165, 1.54) is 0 Å². The van der Waals surface area contributed by atoms with E-state index < -0.39 is 108 Å². The highest BCUT2D eigenvalue weighted by molar-refractivity contribution is 6.42. The van der Waals surface area contributed by atoms with Gasteiger partial charge in [0.25, 0.3) is 0 Å². The molecule has 2 rings (SSSR count). The number of aliphatic hydroxyl groups excluding tert-OH is 3. The van der Waals surface area contributed by atoms with Gasteiger partial charge in [-0.15, -0.1) is 0 Å². The average Bonchev–Trinajstić information content (AvgIpc) is 3.17. The van der Waals surface area contributed by atoms with Gasteiger partial charge in [0.15, 0.2) is 0 Å². The van der Waals surface area contributed by atoms with Gasteiger partial charge < -0.3 is 42.3 Å². The van der Waals surface area contributed by atoms with Crippen LogP contribution in [0.1, 0.15) is 58.4 Å². The Bertz CT molecular complexity index is 1500. The van der Waals surface area contributed by atoms with E-state index in [1.807, 2.05) is 0 Å². The number of nitrogens with one attached hydrogen (secondary N) is 7. The summed E-state index contributed by atoms with van der Waals surface area (Å²) in [6.07, 6.45) is -1.57. The van der Waals surface area contributed by atoms with Gasteiger partial charge in [-0.25, -0.2) is 16.3 Å². The summed E-state index contributed by atoms with van der Waals surface area (Å²) >= 11 is 0. The number of hydrogen-bond donors (Lipinski definition) is 12. The van der Waals surface area contributed by atoms with Crippen molar-refractivity contribution in [2.24, 2.45) is 17.5 Å². The van der Waals surface area contributed by atoms with Gasteiger partial charge in [0.05, 0.1) is 37.4 Å². The molecule has 0 spiro atoms. The lowest BCUT2D eigenvalue weighted by atomic mass is 9.97.